The van der Waals surface area contributed by atoms with E-state index in [4.69, 9.17) is 4.74 Å². The zero-order chi connectivity index (χ0) is 11.4. The topological polar surface area (TPSA) is 47.0 Å². The Balaban J connectivity index is 1.82. The van der Waals surface area contributed by atoms with Crippen LogP contribution in [0.4, 0.5) is 0 Å². The Bertz CT molecular complexity index is 323. The number of hydrogen-bond acceptors (Lipinski definition) is 5. The van der Waals surface area contributed by atoms with Gasteiger partial charge in [-0.15, -0.1) is 21.5 Å². The molecule has 1 fully saturated rings. The summed E-state index contributed by atoms with van der Waals surface area (Å²) in [6.45, 7) is 6.87. The van der Waals surface area contributed by atoms with Crippen LogP contribution in [-0.2, 0) is 11.3 Å². The van der Waals surface area contributed by atoms with Crippen LogP contribution in [0.1, 0.15) is 29.8 Å². The fourth-order valence-corrected chi connectivity index (χ4v) is 2.80. The summed E-state index contributed by atoms with van der Waals surface area (Å²) in [5.74, 6) is 0.666. The van der Waals surface area contributed by atoms with Crippen molar-refractivity contribution in [3.63, 3.8) is 0 Å². The molecular weight excluding hydrogens is 222 g/mol. The second-order valence-corrected chi connectivity index (χ2v) is 5.50. The number of aryl methyl sites for hydroxylation is 1. The summed E-state index contributed by atoms with van der Waals surface area (Å²) in [7, 11) is 0. The molecule has 0 unspecified atom stereocenters. The van der Waals surface area contributed by atoms with Crippen LogP contribution in [0.3, 0.4) is 0 Å². The van der Waals surface area contributed by atoms with Crippen molar-refractivity contribution >= 4 is 11.3 Å². The monoisotopic (exact) mass is 241 g/mol. The van der Waals surface area contributed by atoms with Crippen molar-refractivity contribution < 1.29 is 4.74 Å². The second-order valence-electron chi connectivity index (χ2n) is 4.23. The standard InChI is InChI=1S/C11H19N3OS/c1-3-10(9-4-5-15-7-9)12-6-11-14-13-8(2)16-11/h9-10,12H,3-7H2,1-2H3/t9-,10+/m0/s1. The molecule has 90 valence electrons. The molecule has 2 atom stereocenters. The van der Waals surface area contributed by atoms with Crippen molar-refractivity contribution in [2.45, 2.75) is 39.3 Å². The molecule has 1 aromatic heterocycles. The molecule has 1 saturated heterocycles. The number of hydrogen-bond donors (Lipinski definition) is 1. The van der Waals surface area contributed by atoms with E-state index in [0.29, 0.717) is 12.0 Å². The minimum Gasteiger partial charge on any atom is -0.381 e. The highest BCUT2D eigenvalue weighted by atomic mass is 32.1. The van der Waals surface area contributed by atoms with Crippen LogP contribution in [0.5, 0.6) is 0 Å². The van der Waals surface area contributed by atoms with Gasteiger partial charge in [0.05, 0.1) is 6.61 Å². The van der Waals surface area contributed by atoms with Crippen molar-refractivity contribution in [2.24, 2.45) is 5.92 Å². The lowest BCUT2D eigenvalue weighted by Crippen LogP contribution is -2.35. The number of ether oxygens (including phenoxy) is 1. The van der Waals surface area contributed by atoms with Gasteiger partial charge in [0.15, 0.2) is 0 Å². The molecule has 1 N–H and O–H groups in total. The number of nitrogens with zero attached hydrogens (tertiary/aromatic N) is 2. The van der Waals surface area contributed by atoms with Crippen LogP contribution >= 0.6 is 11.3 Å². The first-order chi connectivity index (χ1) is 7.79. The minimum absolute atomic E-state index is 0.548. The van der Waals surface area contributed by atoms with Crippen LogP contribution in [0.15, 0.2) is 0 Å². The Hall–Kier alpha value is -0.520. The lowest BCUT2D eigenvalue weighted by atomic mass is 9.97. The summed E-state index contributed by atoms with van der Waals surface area (Å²) >= 11 is 1.67. The average molecular weight is 241 g/mol. The van der Waals surface area contributed by atoms with Gasteiger partial charge in [0.25, 0.3) is 0 Å². The molecule has 0 amide bonds. The van der Waals surface area contributed by atoms with Crippen molar-refractivity contribution in [2.75, 3.05) is 13.2 Å². The highest BCUT2D eigenvalue weighted by molar-refractivity contribution is 7.11. The van der Waals surface area contributed by atoms with E-state index in [2.05, 4.69) is 22.4 Å². The quantitative estimate of drug-likeness (QED) is 0.853. The van der Waals surface area contributed by atoms with Crippen LogP contribution in [-0.4, -0.2) is 29.5 Å². The molecule has 5 heteroatoms. The van der Waals surface area contributed by atoms with E-state index in [-0.39, 0.29) is 0 Å². The third-order valence-electron chi connectivity index (χ3n) is 3.06. The molecule has 2 heterocycles. The Morgan fingerprint density at radius 3 is 3.00 bits per heavy atom. The lowest BCUT2D eigenvalue weighted by Gasteiger charge is -2.21. The molecule has 0 radical (unpaired) electrons. The van der Waals surface area contributed by atoms with E-state index in [1.807, 2.05) is 6.92 Å². The highest BCUT2D eigenvalue weighted by Gasteiger charge is 2.24. The van der Waals surface area contributed by atoms with E-state index in [1.165, 1.54) is 6.42 Å². The Kier molecular flexibility index (Phi) is 4.26. The summed E-state index contributed by atoms with van der Waals surface area (Å²) in [6, 6.07) is 0.548. The minimum atomic E-state index is 0.548. The maximum absolute atomic E-state index is 5.43. The predicted octanol–water partition coefficient (Wildman–Crippen LogP) is 1.75. The van der Waals surface area contributed by atoms with Crippen LogP contribution < -0.4 is 5.32 Å². The largest absolute Gasteiger partial charge is 0.381 e. The maximum Gasteiger partial charge on any atom is 0.131 e. The van der Waals surface area contributed by atoms with Gasteiger partial charge in [-0.2, -0.15) is 0 Å². The molecule has 4 nitrogen and oxygen atoms in total. The van der Waals surface area contributed by atoms with Gasteiger partial charge in [-0.1, -0.05) is 6.92 Å². The zero-order valence-electron chi connectivity index (χ0n) is 9.90. The molecule has 1 aliphatic heterocycles. The molecule has 2 rings (SSSR count). The third kappa shape index (κ3) is 2.99. The van der Waals surface area contributed by atoms with E-state index in [9.17, 15) is 0 Å². The Morgan fingerprint density at radius 1 is 1.56 bits per heavy atom. The van der Waals surface area contributed by atoms with E-state index in [0.717, 1.165) is 36.2 Å². The molecule has 0 spiro atoms. The Morgan fingerprint density at radius 2 is 2.44 bits per heavy atom. The summed E-state index contributed by atoms with van der Waals surface area (Å²) in [5, 5.41) is 13.8. The molecule has 0 bridgehead atoms. The average Bonchev–Trinajstić information content (AvgIpc) is 2.91. The van der Waals surface area contributed by atoms with E-state index >= 15 is 0 Å². The van der Waals surface area contributed by atoms with Crippen LogP contribution in [0, 0.1) is 12.8 Å². The van der Waals surface area contributed by atoms with Crippen LogP contribution in [0.25, 0.3) is 0 Å². The number of rotatable bonds is 5. The summed E-state index contributed by atoms with van der Waals surface area (Å²) in [5.41, 5.74) is 0. The normalized spacial score (nSPS) is 22.5. The van der Waals surface area contributed by atoms with Crippen molar-refractivity contribution in [1.29, 1.82) is 0 Å². The van der Waals surface area contributed by atoms with Crippen molar-refractivity contribution in [3.05, 3.63) is 10.0 Å². The van der Waals surface area contributed by atoms with Crippen molar-refractivity contribution in [1.82, 2.24) is 15.5 Å². The van der Waals surface area contributed by atoms with Gasteiger partial charge in [0, 0.05) is 19.2 Å². The van der Waals surface area contributed by atoms with Crippen molar-refractivity contribution in [3.8, 4) is 0 Å². The fourth-order valence-electron chi connectivity index (χ4n) is 2.14. The highest BCUT2D eigenvalue weighted by Crippen LogP contribution is 2.19. The lowest BCUT2D eigenvalue weighted by molar-refractivity contribution is 0.175. The van der Waals surface area contributed by atoms with E-state index < -0.39 is 0 Å². The van der Waals surface area contributed by atoms with E-state index in [1.54, 1.807) is 11.3 Å². The Labute approximate surface area is 100 Å². The molecule has 0 aromatic carbocycles. The SMILES string of the molecule is CC[C@@H](NCc1nnc(C)s1)[C@H]1CCOC1. The predicted molar refractivity (Wildman–Crippen MR) is 64.5 cm³/mol. The molecule has 16 heavy (non-hydrogen) atoms. The first-order valence-electron chi connectivity index (χ1n) is 5.89. The smallest absolute Gasteiger partial charge is 0.131 e. The first kappa shape index (κ1) is 12.0. The van der Waals surface area contributed by atoms with Gasteiger partial charge in [0.1, 0.15) is 10.0 Å². The second kappa shape index (κ2) is 5.70. The summed E-state index contributed by atoms with van der Waals surface area (Å²) < 4.78 is 5.43. The maximum atomic E-state index is 5.43. The third-order valence-corrected chi connectivity index (χ3v) is 3.90. The zero-order valence-corrected chi connectivity index (χ0v) is 10.7. The molecule has 1 aliphatic rings. The number of nitrogens with one attached hydrogen (secondary N) is 1. The summed E-state index contributed by atoms with van der Waals surface area (Å²) in [4.78, 5) is 0. The van der Waals surface area contributed by atoms with Crippen LogP contribution in [0.2, 0.25) is 0 Å². The van der Waals surface area contributed by atoms with Gasteiger partial charge in [-0.05, 0) is 25.7 Å². The summed E-state index contributed by atoms with van der Waals surface area (Å²) in [6.07, 6.45) is 2.33. The van der Waals surface area contributed by atoms with Gasteiger partial charge in [-0.25, -0.2) is 0 Å². The molecule has 1 aromatic rings. The first-order valence-corrected chi connectivity index (χ1v) is 6.71. The molecule has 0 saturated carbocycles. The molecule has 0 aliphatic carbocycles. The van der Waals surface area contributed by atoms with Gasteiger partial charge in [0.2, 0.25) is 0 Å². The van der Waals surface area contributed by atoms with Gasteiger partial charge in [-0.3, -0.25) is 0 Å². The molecular formula is C11H19N3OS. The van der Waals surface area contributed by atoms with Gasteiger partial charge >= 0.3 is 0 Å². The number of aromatic nitrogens is 2. The fraction of sp³-hybridized carbons (Fsp3) is 0.818. The van der Waals surface area contributed by atoms with Gasteiger partial charge < -0.3 is 10.1 Å².